The second-order valence-corrected chi connectivity index (χ2v) is 7.28. The quantitative estimate of drug-likeness (QED) is 0.744. The van der Waals surface area contributed by atoms with Crippen molar-refractivity contribution in [3.63, 3.8) is 0 Å². The number of likely N-dealkylation sites (N-methyl/N-ethyl adjacent to an activating group) is 1. The molecule has 1 amide bonds. The molecule has 4 nitrogen and oxygen atoms in total. The summed E-state index contributed by atoms with van der Waals surface area (Å²) in [6.07, 6.45) is 9.51. The Morgan fingerprint density at radius 2 is 1.71 bits per heavy atom. The molecule has 0 bridgehead atoms. The summed E-state index contributed by atoms with van der Waals surface area (Å²) >= 11 is 0. The van der Waals surface area contributed by atoms with Crippen molar-refractivity contribution in [2.45, 2.75) is 57.4 Å². The first-order chi connectivity index (χ1) is 10.2. The number of hydrogen-bond acceptors (Lipinski definition) is 3. The lowest BCUT2D eigenvalue weighted by Crippen LogP contribution is -2.51. The second-order valence-electron chi connectivity index (χ2n) is 7.28. The van der Waals surface area contributed by atoms with Gasteiger partial charge in [0.25, 0.3) is 0 Å². The molecule has 21 heavy (non-hydrogen) atoms. The number of amides is 1. The van der Waals surface area contributed by atoms with E-state index in [1.165, 1.54) is 44.9 Å². The van der Waals surface area contributed by atoms with Crippen molar-refractivity contribution < 1.29 is 9.53 Å². The van der Waals surface area contributed by atoms with E-state index in [0.29, 0.717) is 11.3 Å². The van der Waals surface area contributed by atoms with Gasteiger partial charge in [0.05, 0.1) is 6.04 Å². The lowest BCUT2D eigenvalue weighted by Gasteiger charge is -2.45. The molecule has 1 unspecified atom stereocenters. The van der Waals surface area contributed by atoms with E-state index in [2.05, 4.69) is 16.8 Å². The van der Waals surface area contributed by atoms with E-state index < -0.39 is 0 Å². The lowest BCUT2D eigenvalue weighted by molar-refractivity contribution is -0.140. The van der Waals surface area contributed by atoms with Gasteiger partial charge in [-0.3, -0.25) is 9.69 Å². The fraction of sp³-hybridized carbons (Fsp3) is 0.941. The standard InChI is InChI=1S/C17H30N2O2/c1-18-10-4-2-3-5-15(18)16(20)19-11-6-17(7-12-19)8-13-21-14-9-17/h15H,2-14H2,1H3. The van der Waals surface area contributed by atoms with Crippen molar-refractivity contribution in [3.8, 4) is 0 Å². The Morgan fingerprint density at radius 1 is 1.00 bits per heavy atom. The summed E-state index contributed by atoms with van der Waals surface area (Å²) in [7, 11) is 2.12. The molecule has 1 spiro atoms. The zero-order chi connectivity index (χ0) is 14.7. The Labute approximate surface area is 128 Å². The molecular formula is C17H30N2O2. The predicted octanol–water partition coefficient (Wildman–Crippen LogP) is 2.28. The first-order valence-corrected chi connectivity index (χ1v) is 8.77. The van der Waals surface area contributed by atoms with Crippen LogP contribution in [-0.4, -0.2) is 61.6 Å². The number of hydrogen-bond donors (Lipinski definition) is 0. The molecule has 120 valence electrons. The molecule has 0 N–H and O–H groups in total. The third-order valence-electron chi connectivity index (χ3n) is 5.99. The average molecular weight is 294 g/mol. The van der Waals surface area contributed by atoms with E-state index in [1.807, 2.05) is 0 Å². The number of nitrogens with zero attached hydrogens (tertiary/aromatic N) is 2. The Bertz CT molecular complexity index is 356. The molecule has 0 aromatic carbocycles. The molecule has 0 radical (unpaired) electrons. The van der Waals surface area contributed by atoms with E-state index in [9.17, 15) is 4.79 Å². The number of carbonyl (C=O) groups excluding carboxylic acids is 1. The second kappa shape index (κ2) is 6.66. The Hall–Kier alpha value is -0.610. The van der Waals surface area contributed by atoms with Crippen molar-refractivity contribution in [2.75, 3.05) is 39.9 Å². The summed E-state index contributed by atoms with van der Waals surface area (Å²) in [5.41, 5.74) is 0.477. The van der Waals surface area contributed by atoms with Gasteiger partial charge in [0.15, 0.2) is 0 Å². The molecular weight excluding hydrogens is 264 g/mol. The van der Waals surface area contributed by atoms with Crippen LogP contribution in [0.4, 0.5) is 0 Å². The maximum atomic E-state index is 12.8. The summed E-state index contributed by atoms with van der Waals surface area (Å²) in [4.78, 5) is 17.3. The zero-order valence-electron chi connectivity index (χ0n) is 13.5. The smallest absolute Gasteiger partial charge is 0.239 e. The normalized spacial score (nSPS) is 31.1. The minimum Gasteiger partial charge on any atom is -0.381 e. The third kappa shape index (κ3) is 3.42. The van der Waals surface area contributed by atoms with Gasteiger partial charge in [0.1, 0.15) is 0 Å². The molecule has 0 aliphatic carbocycles. The van der Waals surface area contributed by atoms with Gasteiger partial charge < -0.3 is 9.64 Å². The molecule has 3 saturated heterocycles. The highest BCUT2D eigenvalue weighted by Gasteiger charge is 2.38. The molecule has 0 saturated carbocycles. The van der Waals surface area contributed by atoms with Crippen molar-refractivity contribution in [1.82, 2.24) is 9.80 Å². The summed E-state index contributed by atoms with van der Waals surface area (Å²) in [6.45, 7) is 4.83. The molecule has 3 heterocycles. The summed E-state index contributed by atoms with van der Waals surface area (Å²) < 4.78 is 5.51. The highest BCUT2D eigenvalue weighted by atomic mass is 16.5. The topological polar surface area (TPSA) is 32.8 Å². The van der Waals surface area contributed by atoms with Gasteiger partial charge in [-0.1, -0.05) is 12.8 Å². The van der Waals surface area contributed by atoms with Crippen LogP contribution in [0.1, 0.15) is 51.4 Å². The molecule has 4 heteroatoms. The minimum atomic E-state index is 0.135. The van der Waals surface area contributed by atoms with E-state index in [1.54, 1.807) is 0 Å². The van der Waals surface area contributed by atoms with Crippen LogP contribution in [0.2, 0.25) is 0 Å². The van der Waals surface area contributed by atoms with E-state index >= 15 is 0 Å². The van der Waals surface area contributed by atoms with Gasteiger partial charge in [-0.2, -0.15) is 0 Å². The van der Waals surface area contributed by atoms with E-state index in [4.69, 9.17) is 4.74 Å². The maximum Gasteiger partial charge on any atom is 0.239 e. The predicted molar refractivity (Wildman–Crippen MR) is 83.2 cm³/mol. The fourth-order valence-corrected chi connectivity index (χ4v) is 4.28. The van der Waals surface area contributed by atoms with Gasteiger partial charge >= 0.3 is 0 Å². The van der Waals surface area contributed by atoms with E-state index in [0.717, 1.165) is 39.3 Å². The molecule has 3 aliphatic heterocycles. The van der Waals surface area contributed by atoms with Gasteiger partial charge in [-0.05, 0) is 57.5 Å². The van der Waals surface area contributed by atoms with Crippen molar-refractivity contribution in [1.29, 1.82) is 0 Å². The van der Waals surface area contributed by atoms with Crippen LogP contribution in [0.15, 0.2) is 0 Å². The highest BCUT2D eigenvalue weighted by molar-refractivity contribution is 5.82. The zero-order valence-corrected chi connectivity index (χ0v) is 13.5. The molecule has 3 rings (SSSR count). The molecule has 3 aliphatic rings. The van der Waals surface area contributed by atoms with Crippen LogP contribution in [0.3, 0.4) is 0 Å². The van der Waals surface area contributed by atoms with Crippen LogP contribution in [0, 0.1) is 5.41 Å². The average Bonchev–Trinajstić information content (AvgIpc) is 2.73. The van der Waals surface area contributed by atoms with Crippen LogP contribution in [-0.2, 0) is 9.53 Å². The largest absolute Gasteiger partial charge is 0.381 e. The summed E-state index contributed by atoms with van der Waals surface area (Å²) in [5.74, 6) is 0.390. The van der Waals surface area contributed by atoms with Crippen LogP contribution in [0.5, 0.6) is 0 Å². The van der Waals surface area contributed by atoms with Gasteiger partial charge in [0.2, 0.25) is 5.91 Å². The van der Waals surface area contributed by atoms with Crippen LogP contribution < -0.4 is 0 Å². The maximum absolute atomic E-state index is 12.8. The SMILES string of the molecule is CN1CCCCCC1C(=O)N1CCC2(CCOCC2)CC1. The lowest BCUT2D eigenvalue weighted by atomic mass is 9.72. The number of rotatable bonds is 1. The Kier molecular flexibility index (Phi) is 4.85. The minimum absolute atomic E-state index is 0.135. The van der Waals surface area contributed by atoms with Crippen LogP contribution in [0.25, 0.3) is 0 Å². The first-order valence-electron chi connectivity index (χ1n) is 8.77. The van der Waals surface area contributed by atoms with E-state index in [-0.39, 0.29) is 6.04 Å². The highest BCUT2D eigenvalue weighted by Crippen LogP contribution is 2.40. The molecule has 0 aromatic heterocycles. The van der Waals surface area contributed by atoms with Crippen molar-refractivity contribution >= 4 is 5.91 Å². The molecule has 3 fully saturated rings. The monoisotopic (exact) mass is 294 g/mol. The van der Waals surface area contributed by atoms with Gasteiger partial charge in [-0.25, -0.2) is 0 Å². The molecule has 0 aromatic rings. The Morgan fingerprint density at radius 3 is 2.43 bits per heavy atom. The molecule has 1 atom stereocenters. The van der Waals surface area contributed by atoms with Crippen molar-refractivity contribution in [3.05, 3.63) is 0 Å². The fourth-order valence-electron chi connectivity index (χ4n) is 4.28. The number of piperidine rings is 1. The first kappa shape index (κ1) is 15.3. The number of ether oxygens (including phenoxy) is 1. The van der Waals surface area contributed by atoms with Crippen molar-refractivity contribution in [2.24, 2.45) is 5.41 Å². The van der Waals surface area contributed by atoms with Gasteiger partial charge in [-0.15, -0.1) is 0 Å². The summed E-state index contributed by atoms with van der Waals surface area (Å²) in [6, 6.07) is 0.135. The number of carbonyl (C=O) groups is 1. The van der Waals surface area contributed by atoms with Gasteiger partial charge in [0, 0.05) is 26.3 Å². The number of likely N-dealkylation sites (tertiary alicyclic amines) is 2. The Balaban J connectivity index is 1.56. The summed E-state index contributed by atoms with van der Waals surface area (Å²) in [5, 5.41) is 0. The van der Waals surface area contributed by atoms with Crippen LogP contribution >= 0.6 is 0 Å². The third-order valence-corrected chi connectivity index (χ3v) is 5.99.